The first-order chi connectivity index (χ1) is 10.1. The van der Waals surface area contributed by atoms with E-state index in [9.17, 15) is 4.79 Å². The van der Waals surface area contributed by atoms with Crippen LogP contribution in [0.2, 0.25) is 0 Å². The number of rotatable bonds is 5. The molecule has 0 saturated carbocycles. The van der Waals surface area contributed by atoms with Crippen molar-refractivity contribution in [2.24, 2.45) is 5.10 Å². The number of carbonyl (C=O) groups excluding carboxylic acids is 1. The fourth-order valence-corrected chi connectivity index (χ4v) is 3.40. The molecular weight excluding hydrogens is 420 g/mol. The monoisotopic (exact) mass is 430 g/mol. The van der Waals surface area contributed by atoms with Crippen LogP contribution in [0.1, 0.15) is 10.4 Å². The first-order valence-corrected chi connectivity index (χ1v) is 8.46. The van der Waals surface area contributed by atoms with E-state index < -0.39 is 0 Å². The Morgan fingerprint density at radius 2 is 2.24 bits per heavy atom. The maximum absolute atomic E-state index is 11.6. The summed E-state index contributed by atoms with van der Waals surface area (Å²) in [6.45, 7) is 1.90. The highest BCUT2D eigenvalue weighted by Crippen LogP contribution is 2.28. The van der Waals surface area contributed by atoms with E-state index in [1.54, 1.807) is 23.6 Å². The summed E-state index contributed by atoms with van der Waals surface area (Å²) in [5, 5.41) is 5.89. The van der Waals surface area contributed by atoms with Crippen molar-refractivity contribution in [1.29, 1.82) is 0 Å². The quantitative estimate of drug-likeness (QED) is 0.572. The molecule has 0 saturated heterocycles. The molecule has 0 aliphatic carbocycles. The minimum absolute atomic E-state index is 0.0962. The summed E-state index contributed by atoms with van der Waals surface area (Å²) in [5.74, 6) is 0.293. The Labute approximate surface area is 143 Å². The third-order valence-corrected chi connectivity index (χ3v) is 4.59. The Hall–Kier alpha value is -1.18. The van der Waals surface area contributed by atoms with Gasteiger partial charge < -0.3 is 4.74 Å². The molecule has 0 atom stereocenters. The van der Waals surface area contributed by atoms with Crippen LogP contribution in [-0.4, -0.2) is 18.7 Å². The van der Waals surface area contributed by atoms with E-state index in [1.807, 2.05) is 30.5 Å². The van der Waals surface area contributed by atoms with Crippen LogP contribution in [0.15, 0.2) is 43.7 Å². The van der Waals surface area contributed by atoms with E-state index in [4.69, 9.17) is 4.74 Å². The fraction of sp³-hybridized carbons (Fsp3) is 0.143. The minimum Gasteiger partial charge on any atom is -0.483 e. The van der Waals surface area contributed by atoms with Crippen LogP contribution in [0.3, 0.4) is 0 Å². The lowest BCUT2D eigenvalue weighted by Crippen LogP contribution is -2.24. The van der Waals surface area contributed by atoms with Gasteiger partial charge in [0.25, 0.3) is 5.91 Å². The van der Waals surface area contributed by atoms with E-state index in [0.717, 1.165) is 19.4 Å². The van der Waals surface area contributed by atoms with Gasteiger partial charge in [-0.3, -0.25) is 4.79 Å². The molecule has 0 bridgehead atoms. The van der Waals surface area contributed by atoms with Gasteiger partial charge in [0.15, 0.2) is 6.61 Å². The Balaban J connectivity index is 1.82. The summed E-state index contributed by atoms with van der Waals surface area (Å²) in [4.78, 5) is 12.7. The van der Waals surface area contributed by atoms with Crippen LogP contribution in [0.4, 0.5) is 0 Å². The largest absolute Gasteiger partial charge is 0.483 e. The summed E-state index contributed by atoms with van der Waals surface area (Å²) in [6, 6.07) is 7.47. The zero-order valence-corrected chi connectivity index (χ0v) is 15.1. The number of ether oxygens (including phenoxy) is 1. The Kier molecular flexibility index (Phi) is 5.96. The van der Waals surface area contributed by atoms with Gasteiger partial charge in [-0.1, -0.05) is 15.9 Å². The number of nitrogens with one attached hydrogen (secondary N) is 1. The molecule has 1 heterocycles. The molecule has 1 N–H and O–H groups in total. The molecule has 0 radical (unpaired) electrons. The topological polar surface area (TPSA) is 50.7 Å². The predicted molar refractivity (Wildman–Crippen MR) is 92.1 cm³/mol. The molecule has 1 aromatic carbocycles. The van der Waals surface area contributed by atoms with Gasteiger partial charge in [0.1, 0.15) is 5.75 Å². The van der Waals surface area contributed by atoms with Crippen molar-refractivity contribution in [3.05, 3.63) is 49.0 Å². The molecule has 1 amide bonds. The molecule has 2 aromatic rings. The average Bonchev–Trinajstić information content (AvgIpc) is 2.83. The average molecular weight is 432 g/mol. The van der Waals surface area contributed by atoms with Crippen LogP contribution in [0.5, 0.6) is 5.75 Å². The number of thiophene rings is 1. The molecule has 21 heavy (non-hydrogen) atoms. The SMILES string of the molecule is Cc1ccsc1/C=N/NC(=O)COc1ccc(Br)cc1Br. The summed E-state index contributed by atoms with van der Waals surface area (Å²) in [7, 11) is 0. The number of hydrogen-bond donors (Lipinski definition) is 1. The Bertz CT molecular complexity index is 671. The van der Waals surface area contributed by atoms with Crippen molar-refractivity contribution in [1.82, 2.24) is 5.43 Å². The van der Waals surface area contributed by atoms with E-state index in [1.165, 1.54) is 0 Å². The maximum Gasteiger partial charge on any atom is 0.277 e. The van der Waals surface area contributed by atoms with Crippen molar-refractivity contribution in [2.75, 3.05) is 6.61 Å². The van der Waals surface area contributed by atoms with Crippen molar-refractivity contribution in [3.8, 4) is 5.75 Å². The number of aryl methyl sites for hydroxylation is 1. The third kappa shape index (κ3) is 4.94. The minimum atomic E-state index is -0.310. The number of halogens is 2. The van der Waals surface area contributed by atoms with Crippen LogP contribution in [-0.2, 0) is 4.79 Å². The van der Waals surface area contributed by atoms with Gasteiger partial charge in [-0.25, -0.2) is 5.43 Å². The second kappa shape index (κ2) is 7.72. The number of hydrazone groups is 1. The summed E-state index contributed by atoms with van der Waals surface area (Å²) in [6.07, 6.45) is 1.63. The first kappa shape index (κ1) is 16.2. The van der Waals surface area contributed by atoms with Crippen molar-refractivity contribution < 1.29 is 9.53 Å². The molecule has 0 aliphatic heterocycles. The van der Waals surface area contributed by atoms with Crippen LogP contribution >= 0.6 is 43.2 Å². The van der Waals surface area contributed by atoms with Gasteiger partial charge in [-0.15, -0.1) is 11.3 Å². The zero-order valence-electron chi connectivity index (χ0n) is 11.1. The van der Waals surface area contributed by atoms with Gasteiger partial charge in [0, 0.05) is 9.35 Å². The zero-order chi connectivity index (χ0) is 15.2. The van der Waals surface area contributed by atoms with Gasteiger partial charge in [0.2, 0.25) is 0 Å². The van der Waals surface area contributed by atoms with Gasteiger partial charge in [-0.2, -0.15) is 5.10 Å². The van der Waals surface area contributed by atoms with Crippen molar-refractivity contribution in [3.63, 3.8) is 0 Å². The smallest absolute Gasteiger partial charge is 0.277 e. The van der Waals surface area contributed by atoms with Crippen molar-refractivity contribution >= 4 is 55.3 Å². The maximum atomic E-state index is 11.6. The van der Waals surface area contributed by atoms with Gasteiger partial charge in [-0.05, 0) is 58.1 Å². The molecule has 1 aromatic heterocycles. The summed E-state index contributed by atoms with van der Waals surface area (Å²) < 4.78 is 7.13. The van der Waals surface area contributed by atoms with Crippen molar-refractivity contribution in [2.45, 2.75) is 6.92 Å². The highest BCUT2D eigenvalue weighted by molar-refractivity contribution is 9.11. The predicted octanol–water partition coefficient (Wildman–Crippen LogP) is 4.11. The molecule has 110 valence electrons. The third-order valence-electron chi connectivity index (χ3n) is 2.53. The highest BCUT2D eigenvalue weighted by atomic mass is 79.9. The summed E-state index contributed by atoms with van der Waals surface area (Å²) in [5.41, 5.74) is 3.57. The summed E-state index contributed by atoms with van der Waals surface area (Å²) >= 11 is 8.29. The van der Waals surface area contributed by atoms with Crippen LogP contribution in [0, 0.1) is 6.92 Å². The van der Waals surface area contributed by atoms with Gasteiger partial charge >= 0.3 is 0 Å². The Morgan fingerprint density at radius 1 is 1.43 bits per heavy atom. The Morgan fingerprint density at radius 3 is 2.90 bits per heavy atom. The molecule has 2 rings (SSSR count). The lowest BCUT2D eigenvalue weighted by atomic mass is 10.3. The number of hydrogen-bond acceptors (Lipinski definition) is 4. The number of carbonyl (C=O) groups is 1. The van der Waals surface area contributed by atoms with Crippen LogP contribution in [0.25, 0.3) is 0 Å². The standard InChI is InChI=1S/C14H12Br2N2O2S/c1-9-4-5-21-13(9)7-17-18-14(19)8-20-12-3-2-10(15)6-11(12)16/h2-7H,8H2,1H3,(H,18,19)/b17-7+. The van der Waals surface area contributed by atoms with Crippen LogP contribution < -0.4 is 10.2 Å². The first-order valence-electron chi connectivity index (χ1n) is 6.00. The van der Waals surface area contributed by atoms with E-state index in [0.29, 0.717) is 5.75 Å². The fourth-order valence-electron chi connectivity index (χ4n) is 1.45. The molecule has 0 unspecified atom stereocenters. The molecule has 4 nitrogen and oxygen atoms in total. The second-order valence-corrected chi connectivity index (χ2v) is 6.84. The lowest BCUT2D eigenvalue weighted by Gasteiger charge is -2.07. The highest BCUT2D eigenvalue weighted by Gasteiger charge is 2.05. The second-order valence-electron chi connectivity index (χ2n) is 4.12. The molecular formula is C14H12Br2N2O2S. The molecule has 0 spiro atoms. The normalized spacial score (nSPS) is 10.8. The van der Waals surface area contributed by atoms with E-state index in [2.05, 4.69) is 42.4 Å². The molecule has 0 aliphatic rings. The lowest BCUT2D eigenvalue weighted by molar-refractivity contribution is -0.123. The number of nitrogens with zero attached hydrogens (tertiary/aromatic N) is 1. The molecule has 0 fully saturated rings. The number of amides is 1. The van der Waals surface area contributed by atoms with Gasteiger partial charge in [0.05, 0.1) is 10.7 Å². The number of benzene rings is 1. The van der Waals surface area contributed by atoms with E-state index in [-0.39, 0.29) is 12.5 Å². The van der Waals surface area contributed by atoms with E-state index >= 15 is 0 Å². The molecule has 7 heteroatoms.